The molecule has 1 saturated heterocycles. The van der Waals surface area contributed by atoms with Crippen LogP contribution in [0.4, 0.5) is 0 Å². The fraction of sp³-hybridized carbons (Fsp3) is 0.938. The zero-order valence-electron chi connectivity index (χ0n) is 12.8. The highest BCUT2D eigenvalue weighted by Crippen LogP contribution is 2.45. The number of rotatable bonds is 2. The van der Waals surface area contributed by atoms with Gasteiger partial charge in [0.2, 0.25) is 5.91 Å². The lowest BCUT2D eigenvalue weighted by Crippen LogP contribution is -2.55. The summed E-state index contributed by atoms with van der Waals surface area (Å²) in [5, 5.41) is 6.68. The van der Waals surface area contributed by atoms with Gasteiger partial charge in [-0.2, -0.15) is 0 Å². The molecule has 0 bridgehead atoms. The summed E-state index contributed by atoms with van der Waals surface area (Å²) in [5.41, 5.74) is -0.220. The van der Waals surface area contributed by atoms with Gasteiger partial charge in [-0.1, -0.05) is 19.3 Å². The Morgan fingerprint density at radius 2 is 1.68 bits per heavy atom. The maximum absolute atomic E-state index is 12.9. The molecule has 2 rings (SSSR count). The summed E-state index contributed by atoms with van der Waals surface area (Å²) in [7, 11) is 0. The summed E-state index contributed by atoms with van der Waals surface area (Å²) < 4.78 is 0. The van der Waals surface area contributed by atoms with E-state index >= 15 is 0 Å². The topological polar surface area (TPSA) is 41.1 Å². The molecule has 0 unspecified atom stereocenters. The quantitative estimate of drug-likeness (QED) is 0.807. The standard InChI is InChI=1S/C16H30N2O/c1-15(2,3)18-14(19)16(9-11-17-12-10-16)13-7-5-4-6-8-13/h13,17H,4-12H2,1-3H3,(H,18,19). The van der Waals surface area contributed by atoms with E-state index in [0.717, 1.165) is 25.9 Å². The lowest BCUT2D eigenvalue weighted by Gasteiger charge is -2.45. The molecule has 0 spiro atoms. The predicted molar refractivity (Wildman–Crippen MR) is 79.0 cm³/mol. The highest BCUT2D eigenvalue weighted by atomic mass is 16.2. The van der Waals surface area contributed by atoms with Gasteiger partial charge < -0.3 is 10.6 Å². The Balaban J connectivity index is 2.15. The fourth-order valence-corrected chi connectivity index (χ4v) is 3.81. The molecule has 3 heteroatoms. The van der Waals surface area contributed by atoms with Gasteiger partial charge in [0.05, 0.1) is 5.41 Å². The van der Waals surface area contributed by atoms with Crippen molar-refractivity contribution in [3.63, 3.8) is 0 Å². The Bertz CT molecular complexity index is 307. The molecule has 2 aliphatic rings. The number of carbonyl (C=O) groups excluding carboxylic acids is 1. The molecule has 110 valence electrons. The summed E-state index contributed by atoms with van der Waals surface area (Å²) in [6.07, 6.45) is 8.49. The second-order valence-electron chi connectivity index (χ2n) is 7.45. The van der Waals surface area contributed by atoms with Gasteiger partial charge >= 0.3 is 0 Å². The van der Waals surface area contributed by atoms with Gasteiger partial charge in [-0.3, -0.25) is 4.79 Å². The summed E-state index contributed by atoms with van der Waals surface area (Å²) in [4.78, 5) is 12.9. The minimum Gasteiger partial charge on any atom is -0.351 e. The van der Waals surface area contributed by atoms with Crippen LogP contribution < -0.4 is 10.6 Å². The first-order valence-corrected chi connectivity index (χ1v) is 7.97. The first-order valence-electron chi connectivity index (χ1n) is 7.97. The van der Waals surface area contributed by atoms with E-state index in [1.54, 1.807) is 0 Å². The second-order valence-corrected chi connectivity index (χ2v) is 7.45. The van der Waals surface area contributed by atoms with E-state index in [9.17, 15) is 4.79 Å². The van der Waals surface area contributed by atoms with E-state index in [0.29, 0.717) is 11.8 Å². The third kappa shape index (κ3) is 3.50. The molecule has 1 heterocycles. The van der Waals surface area contributed by atoms with Gasteiger partial charge in [-0.15, -0.1) is 0 Å². The first kappa shape index (κ1) is 14.8. The molecule has 0 aromatic rings. The van der Waals surface area contributed by atoms with Gasteiger partial charge in [0, 0.05) is 5.54 Å². The van der Waals surface area contributed by atoms with Crippen LogP contribution in [0.5, 0.6) is 0 Å². The lowest BCUT2D eigenvalue weighted by molar-refractivity contribution is -0.139. The molecular weight excluding hydrogens is 236 g/mol. The highest BCUT2D eigenvalue weighted by Gasteiger charge is 2.46. The van der Waals surface area contributed by atoms with Crippen LogP contribution in [0.15, 0.2) is 0 Å². The molecule has 1 saturated carbocycles. The van der Waals surface area contributed by atoms with Crippen molar-refractivity contribution < 1.29 is 4.79 Å². The normalized spacial score (nSPS) is 25.0. The number of piperidine rings is 1. The second kappa shape index (κ2) is 5.82. The molecule has 0 aromatic heterocycles. The van der Waals surface area contributed by atoms with Gasteiger partial charge in [-0.05, 0) is 65.5 Å². The number of hydrogen-bond acceptors (Lipinski definition) is 2. The number of amides is 1. The molecule has 0 aromatic carbocycles. The molecule has 1 aliphatic heterocycles. The average Bonchev–Trinajstić information content (AvgIpc) is 2.38. The monoisotopic (exact) mass is 266 g/mol. The highest BCUT2D eigenvalue weighted by molar-refractivity contribution is 5.83. The van der Waals surface area contributed by atoms with Crippen LogP contribution in [0.2, 0.25) is 0 Å². The van der Waals surface area contributed by atoms with E-state index in [2.05, 4.69) is 31.4 Å². The van der Waals surface area contributed by atoms with Gasteiger partial charge in [-0.25, -0.2) is 0 Å². The van der Waals surface area contributed by atoms with Crippen molar-refractivity contribution >= 4 is 5.91 Å². The van der Waals surface area contributed by atoms with Gasteiger partial charge in [0.25, 0.3) is 0 Å². The Kier molecular flexibility index (Phi) is 4.54. The zero-order valence-corrected chi connectivity index (χ0v) is 12.8. The van der Waals surface area contributed by atoms with Crippen molar-refractivity contribution in [3.05, 3.63) is 0 Å². The number of nitrogens with one attached hydrogen (secondary N) is 2. The molecular formula is C16H30N2O. The Morgan fingerprint density at radius 3 is 2.21 bits per heavy atom. The van der Waals surface area contributed by atoms with Crippen molar-refractivity contribution in [1.29, 1.82) is 0 Å². The SMILES string of the molecule is CC(C)(C)NC(=O)C1(C2CCCCC2)CCNCC1. The number of carbonyl (C=O) groups is 1. The van der Waals surface area contributed by atoms with Gasteiger partial charge in [0.15, 0.2) is 0 Å². The van der Waals surface area contributed by atoms with Crippen molar-refractivity contribution in [3.8, 4) is 0 Å². The summed E-state index contributed by atoms with van der Waals surface area (Å²) >= 11 is 0. The van der Waals surface area contributed by atoms with Crippen LogP contribution in [-0.2, 0) is 4.79 Å². The summed E-state index contributed by atoms with van der Waals surface area (Å²) in [6, 6.07) is 0. The molecule has 19 heavy (non-hydrogen) atoms. The van der Waals surface area contributed by atoms with Crippen LogP contribution in [0.1, 0.15) is 65.7 Å². The Labute approximate surface area is 117 Å². The van der Waals surface area contributed by atoms with Crippen LogP contribution in [0.25, 0.3) is 0 Å². The smallest absolute Gasteiger partial charge is 0.226 e. The van der Waals surface area contributed by atoms with E-state index < -0.39 is 0 Å². The van der Waals surface area contributed by atoms with Gasteiger partial charge in [0.1, 0.15) is 0 Å². The maximum Gasteiger partial charge on any atom is 0.226 e. The molecule has 0 atom stereocenters. The average molecular weight is 266 g/mol. The van der Waals surface area contributed by atoms with E-state index in [1.807, 2.05) is 0 Å². The molecule has 2 fully saturated rings. The molecule has 1 aliphatic carbocycles. The van der Waals surface area contributed by atoms with Crippen LogP contribution in [0, 0.1) is 11.3 Å². The lowest BCUT2D eigenvalue weighted by atomic mass is 9.63. The Hall–Kier alpha value is -0.570. The Morgan fingerprint density at radius 1 is 1.11 bits per heavy atom. The summed E-state index contributed by atoms with van der Waals surface area (Å²) in [5.74, 6) is 0.916. The van der Waals surface area contributed by atoms with Crippen LogP contribution >= 0.6 is 0 Å². The third-order valence-electron chi connectivity index (χ3n) is 4.82. The van der Waals surface area contributed by atoms with Crippen molar-refractivity contribution in [1.82, 2.24) is 10.6 Å². The molecule has 0 radical (unpaired) electrons. The van der Waals surface area contributed by atoms with Crippen LogP contribution in [-0.4, -0.2) is 24.5 Å². The van der Waals surface area contributed by atoms with E-state index in [1.165, 1.54) is 32.1 Å². The molecule has 3 nitrogen and oxygen atoms in total. The van der Waals surface area contributed by atoms with E-state index in [4.69, 9.17) is 0 Å². The predicted octanol–water partition coefficient (Wildman–Crippen LogP) is 2.85. The van der Waals surface area contributed by atoms with Crippen molar-refractivity contribution in [2.24, 2.45) is 11.3 Å². The largest absolute Gasteiger partial charge is 0.351 e. The molecule has 1 amide bonds. The van der Waals surface area contributed by atoms with E-state index in [-0.39, 0.29) is 11.0 Å². The van der Waals surface area contributed by atoms with Crippen LogP contribution in [0.3, 0.4) is 0 Å². The minimum absolute atomic E-state index is 0.0983. The first-order chi connectivity index (χ1) is 8.94. The number of hydrogen-bond donors (Lipinski definition) is 2. The maximum atomic E-state index is 12.9. The molecule has 2 N–H and O–H groups in total. The van der Waals surface area contributed by atoms with Crippen molar-refractivity contribution in [2.45, 2.75) is 71.3 Å². The summed E-state index contributed by atoms with van der Waals surface area (Å²) in [6.45, 7) is 8.24. The fourth-order valence-electron chi connectivity index (χ4n) is 3.81. The zero-order chi connectivity index (χ0) is 13.9. The van der Waals surface area contributed by atoms with Crippen molar-refractivity contribution in [2.75, 3.05) is 13.1 Å². The minimum atomic E-state index is -0.121. The third-order valence-corrected chi connectivity index (χ3v) is 4.82.